The number of benzene rings is 2. The Balaban J connectivity index is 1.82. The van der Waals surface area contributed by atoms with E-state index in [1.165, 1.54) is 6.07 Å². The Kier molecular flexibility index (Phi) is 4.81. The zero-order chi connectivity index (χ0) is 18.0. The van der Waals surface area contributed by atoms with Crippen LogP contribution in [0.15, 0.2) is 42.5 Å². The van der Waals surface area contributed by atoms with E-state index in [1.807, 2.05) is 32.0 Å². The average Bonchev–Trinajstić information content (AvgIpc) is 2.55. The van der Waals surface area contributed by atoms with E-state index in [0.717, 1.165) is 17.1 Å². The SMILES string of the molecule is COc1ccc2c(c1)C(NC(=S)Nc1ccccc1F)CC(C)(C)O2. The van der Waals surface area contributed by atoms with E-state index >= 15 is 0 Å². The first-order valence-corrected chi connectivity index (χ1v) is 8.48. The van der Waals surface area contributed by atoms with E-state index in [4.69, 9.17) is 21.7 Å². The highest BCUT2D eigenvalue weighted by atomic mass is 32.1. The summed E-state index contributed by atoms with van der Waals surface area (Å²) in [5, 5.41) is 6.56. The normalized spacial score (nSPS) is 17.8. The lowest BCUT2D eigenvalue weighted by Gasteiger charge is -2.38. The van der Waals surface area contributed by atoms with Gasteiger partial charge in [0.25, 0.3) is 0 Å². The van der Waals surface area contributed by atoms with Crippen LogP contribution in [-0.4, -0.2) is 17.8 Å². The lowest BCUT2D eigenvalue weighted by molar-refractivity contribution is 0.0695. The van der Waals surface area contributed by atoms with Gasteiger partial charge in [-0.05, 0) is 56.4 Å². The monoisotopic (exact) mass is 360 g/mol. The van der Waals surface area contributed by atoms with Crippen molar-refractivity contribution in [1.29, 1.82) is 0 Å². The molecule has 0 fully saturated rings. The largest absolute Gasteiger partial charge is 0.497 e. The first-order valence-electron chi connectivity index (χ1n) is 8.07. The summed E-state index contributed by atoms with van der Waals surface area (Å²) in [6, 6.07) is 12.1. The summed E-state index contributed by atoms with van der Waals surface area (Å²) in [5.74, 6) is 1.20. The van der Waals surface area contributed by atoms with Gasteiger partial charge in [0, 0.05) is 12.0 Å². The molecule has 1 aliphatic rings. The third-order valence-electron chi connectivity index (χ3n) is 4.10. The molecule has 1 heterocycles. The van der Waals surface area contributed by atoms with E-state index in [9.17, 15) is 4.39 Å². The molecule has 2 N–H and O–H groups in total. The van der Waals surface area contributed by atoms with Crippen LogP contribution in [0.25, 0.3) is 0 Å². The van der Waals surface area contributed by atoms with Gasteiger partial charge in [-0.3, -0.25) is 0 Å². The minimum absolute atomic E-state index is 0.0689. The van der Waals surface area contributed by atoms with Gasteiger partial charge < -0.3 is 20.1 Å². The maximum Gasteiger partial charge on any atom is 0.171 e. The molecule has 4 nitrogen and oxygen atoms in total. The lowest BCUT2D eigenvalue weighted by atomic mass is 9.89. The smallest absolute Gasteiger partial charge is 0.171 e. The van der Waals surface area contributed by atoms with Crippen LogP contribution in [0.4, 0.5) is 10.1 Å². The summed E-state index contributed by atoms with van der Waals surface area (Å²) in [6.07, 6.45) is 0.715. The van der Waals surface area contributed by atoms with E-state index in [2.05, 4.69) is 10.6 Å². The number of thiocarbonyl (C=S) groups is 1. The highest BCUT2D eigenvalue weighted by Gasteiger charge is 2.34. The third kappa shape index (κ3) is 4.02. The van der Waals surface area contributed by atoms with Crippen molar-refractivity contribution in [2.24, 2.45) is 0 Å². The van der Waals surface area contributed by atoms with E-state index in [-0.39, 0.29) is 17.5 Å². The number of ether oxygens (including phenoxy) is 2. The third-order valence-corrected chi connectivity index (χ3v) is 4.32. The van der Waals surface area contributed by atoms with Crippen LogP contribution in [0.2, 0.25) is 0 Å². The number of anilines is 1. The van der Waals surface area contributed by atoms with Crippen LogP contribution in [0.1, 0.15) is 31.9 Å². The Hall–Kier alpha value is -2.34. The molecule has 0 saturated heterocycles. The molecule has 6 heteroatoms. The van der Waals surface area contributed by atoms with Gasteiger partial charge in [0.1, 0.15) is 22.9 Å². The number of nitrogens with one attached hydrogen (secondary N) is 2. The van der Waals surface area contributed by atoms with E-state index < -0.39 is 0 Å². The molecule has 0 aromatic heterocycles. The molecule has 0 saturated carbocycles. The Bertz CT molecular complexity index is 795. The van der Waals surface area contributed by atoms with Crippen LogP contribution in [0.5, 0.6) is 11.5 Å². The molecule has 3 rings (SSSR count). The summed E-state index contributed by atoms with van der Waals surface area (Å²) < 4.78 is 25.2. The fourth-order valence-electron chi connectivity index (χ4n) is 2.97. The molecule has 25 heavy (non-hydrogen) atoms. The van der Waals surface area contributed by atoms with Crippen molar-refractivity contribution in [3.05, 3.63) is 53.8 Å². The molecule has 132 valence electrons. The Morgan fingerprint density at radius 2 is 2.04 bits per heavy atom. The van der Waals surface area contributed by atoms with Crippen LogP contribution in [0.3, 0.4) is 0 Å². The minimum atomic E-state index is -0.346. The molecule has 0 bridgehead atoms. The van der Waals surface area contributed by atoms with Gasteiger partial charge in [0.15, 0.2) is 5.11 Å². The predicted octanol–water partition coefficient (Wildman–Crippen LogP) is 4.42. The van der Waals surface area contributed by atoms with Crippen molar-refractivity contribution >= 4 is 23.0 Å². The molecule has 1 atom stereocenters. The number of fused-ring (bicyclic) bond motifs is 1. The quantitative estimate of drug-likeness (QED) is 0.793. The van der Waals surface area contributed by atoms with Gasteiger partial charge in [0.05, 0.1) is 18.8 Å². The number of para-hydroxylation sites is 1. The van der Waals surface area contributed by atoms with Crippen molar-refractivity contribution in [2.75, 3.05) is 12.4 Å². The second-order valence-electron chi connectivity index (χ2n) is 6.60. The Labute approximate surface area is 152 Å². The minimum Gasteiger partial charge on any atom is -0.497 e. The summed E-state index contributed by atoms with van der Waals surface area (Å²) in [6.45, 7) is 4.06. The molecule has 0 aliphatic carbocycles. The maximum absolute atomic E-state index is 13.8. The molecular formula is C19H21FN2O2S. The van der Waals surface area contributed by atoms with Gasteiger partial charge in [-0.25, -0.2) is 4.39 Å². The number of halogens is 1. The second-order valence-corrected chi connectivity index (χ2v) is 7.01. The van der Waals surface area contributed by atoms with Crippen LogP contribution < -0.4 is 20.1 Å². The zero-order valence-corrected chi connectivity index (χ0v) is 15.2. The Morgan fingerprint density at radius 3 is 2.76 bits per heavy atom. The van der Waals surface area contributed by atoms with Crippen LogP contribution in [-0.2, 0) is 0 Å². The number of hydrogen-bond donors (Lipinski definition) is 2. The second kappa shape index (κ2) is 6.88. The first-order chi connectivity index (χ1) is 11.9. The maximum atomic E-state index is 13.8. The average molecular weight is 360 g/mol. The van der Waals surface area contributed by atoms with Crippen molar-refractivity contribution in [2.45, 2.75) is 31.9 Å². The fourth-order valence-corrected chi connectivity index (χ4v) is 3.22. The van der Waals surface area contributed by atoms with Gasteiger partial charge in [0.2, 0.25) is 0 Å². The lowest BCUT2D eigenvalue weighted by Crippen LogP contribution is -2.42. The molecule has 2 aromatic rings. The molecule has 0 radical (unpaired) electrons. The van der Waals surface area contributed by atoms with Crippen molar-refractivity contribution in [3.63, 3.8) is 0 Å². The number of hydrogen-bond acceptors (Lipinski definition) is 3. The van der Waals surface area contributed by atoms with Crippen LogP contribution in [0, 0.1) is 5.82 Å². The summed E-state index contributed by atoms with van der Waals surface area (Å²) in [5.41, 5.74) is 0.973. The fraction of sp³-hybridized carbons (Fsp3) is 0.316. The first kappa shape index (κ1) is 17.5. The van der Waals surface area contributed by atoms with E-state index in [1.54, 1.807) is 25.3 Å². The molecule has 0 amide bonds. The van der Waals surface area contributed by atoms with Crippen molar-refractivity contribution < 1.29 is 13.9 Å². The summed E-state index contributed by atoms with van der Waals surface area (Å²) in [7, 11) is 1.63. The van der Waals surface area contributed by atoms with Crippen molar-refractivity contribution in [3.8, 4) is 11.5 Å². The number of rotatable bonds is 3. The molecule has 2 aromatic carbocycles. The molecule has 1 aliphatic heterocycles. The zero-order valence-electron chi connectivity index (χ0n) is 14.4. The topological polar surface area (TPSA) is 42.5 Å². The number of methoxy groups -OCH3 is 1. The van der Waals surface area contributed by atoms with Gasteiger partial charge in [-0.15, -0.1) is 0 Å². The Morgan fingerprint density at radius 1 is 1.28 bits per heavy atom. The predicted molar refractivity (Wildman–Crippen MR) is 101 cm³/mol. The molecular weight excluding hydrogens is 339 g/mol. The highest BCUT2D eigenvalue weighted by molar-refractivity contribution is 7.80. The van der Waals surface area contributed by atoms with E-state index in [0.29, 0.717) is 17.2 Å². The summed E-state index contributed by atoms with van der Waals surface area (Å²) in [4.78, 5) is 0. The van der Waals surface area contributed by atoms with Gasteiger partial charge in [-0.2, -0.15) is 0 Å². The van der Waals surface area contributed by atoms with Gasteiger partial charge >= 0.3 is 0 Å². The van der Waals surface area contributed by atoms with Crippen LogP contribution >= 0.6 is 12.2 Å². The molecule has 0 spiro atoms. The molecule has 1 unspecified atom stereocenters. The standard InChI is InChI=1S/C19H21FN2O2S/c1-19(2)11-16(13-10-12(23-3)8-9-17(13)24-19)22-18(25)21-15-7-5-4-6-14(15)20/h4-10,16H,11H2,1-3H3,(H2,21,22,25). The van der Waals surface area contributed by atoms with Gasteiger partial charge in [-0.1, -0.05) is 12.1 Å². The highest BCUT2D eigenvalue weighted by Crippen LogP contribution is 2.41. The van der Waals surface area contributed by atoms with Crippen molar-refractivity contribution in [1.82, 2.24) is 5.32 Å². The summed E-state index contributed by atoms with van der Waals surface area (Å²) >= 11 is 5.38.